The number of hydrogen-bond donors (Lipinski definition) is 4. The molecule has 1 aromatic heterocycles. The molecule has 1 unspecified atom stereocenters. The highest BCUT2D eigenvalue weighted by Crippen LogP contribution is 2.32. The second-order valence-corrected chi connectivity index (χ2v) is 5.93. The Balaban J connectivity index is 2.14. The Labute approximate surface area is 102 Å². The molecule has 1 aliphatic rings. The molecule has 1 atom stereocenters. The summed E-state index contributed by atoms with van der Waals surface area (Å²) >= 11 is 0. The molecule has 0 saturated heterocycles. The number of aromatic amines is 2. The molecule has 1 heterocycles. The van der Waals surface area contributed by atoms with Gasteiger partial charge >= 0.3 is 5.69 Å². The number of aromatic nitrogens is 2. The summed E-state index contributed by atoms with van der Waals surface area (Å²) in [7, 11) is -4.03. The van der Waals surface area contributed by atoms with Gasteiger partial charge in [0.2, 0.25) is 10.0 Å². The van der Waals surface area contributed by atoms with Crippen LogP contribution in [0.15, 0.2) is 20.7 Å². The summed E-state index contributed by atoms with van der Waals surface area (Å²) in [6, 6.07) is 0. The second kappa shape index (κ2) is 4.67. The van der Waals surface area contributed by atoms with Crippen LogP contribution in [0, 0.1) is 5.92 Å². The molecule has 4 N–H and O–H groups in total. The zero-order valence-corrected chi connectivity index (χ0v) is 10.2. The molecule has 9 heteroatoms. The van der Waals surface area contributed by atoms with E-state index < -0.39 is 32.3 Å². The van der Waals surface area contributed by atoms with Crippen molar-refractivity contribution in [3.63, 3.8) is 0 Å². The van der Waals surface area contributed by atoms with Gasteiger partial charge in [-0.15, -0.1) is 0 Å². The minimum absolute atomic E-state index is 0.126. The van der Waals surface area contributed by atoms with Crippen LogP contribution in [0.2, 0.25) is 0 Å². The molecular formula is C9H13N3O5S. The number of rotatable bonds is 5. The Morgan fingerprint density at radius 1 is 1.44 bits per heavy atom. The van der Waals surface area contributed by atoms with Crippen molar-refractivity contribution in [1.82, 2.24) is 14.7 Å². The van der Waals surface area contributed by atoms with Crippen molar-refractivity contribution in [2.75, 3.05) is 6.54 Å². The summed E-state index contributed by atoms with van der Waals surface area (Å²) in [5.41, 5.74) is -1.77. The molecule has 18 heavy (non-hydrogen) atoms. The average Bonchev–Trinajstić information content (AvgIpc) is 3.09. The maximum absolute atomic E-state index is 11.7. The first-order valence-electron chi connectivity index (χ1n) is 5.40. The first-order valence-corrected chi connectivity index (χ1v) is 6.88. The van der Waals surface area contributed by atoms with Crippen LogP contribution in [-0.2, 0) is 10.0 Å². The molecule has 1 fully saturated rings. The van der Waals surface area contributed by atoms with Crippen LogP contribution in [0.25, 0.3) is 0 Å². The van der Waals surface area contributed by atoms with E-state index in [2.05, 4.69) is 9.71 Å². The van der Waals surface area contributed by atoms with Crippen LogP contribution in [0.1, 0.15) is 12.8 Å². The number of sulfonamides is 1. The summed E-state index contributed by atoms with van der Waals surface area (Å²) in [6.07, 6.45) is 1.83. The third kappa shape index (κ3) is 2.86. The molecule has 1 aliphatic carbocycles. The Bertz CT molecular complexity index is 643. The highest BCUT2D eigenvalue weighted by atomic mass is 32.2. The molecule has 1 aromatic rings. The standard InChI is InChI=1S/C9H13N3O5S/c13-6(5-1-2-5)3-11-18(16,17)7-4-10-9(15)12-8(7)14/h4-6,11,13H,1-3H2,(H2,10,12,14,15). The normalized spacial score (nSPS) is 17.6. The van der Waals surface area contributed by atoms with Crippen molar-refractivity contribution in [1.29, 1.82) is 0 Å². The van der Waals surface area contributed by atoms with Gasteiger partial charge in [-0.1, -0.05) is 0 Å². The smallest absolute Gasteiger partial charge is 0.325 e. The minimum atomic E-state index is -4.03. The molecule has 1 saturated carbocycles. The van der Waals surface area contributed by atoms with Crippen molar-refractivity contribution < 1.29 is 13.5 Å². The highest BCUT2D eigenvalue weighted by molar-refractivity contribution is 7.89. The average molecular weight is 275 g/mol. The Hall–Kier alpha value is -1.45. The Morgan fingerprint density at radius 3 is 2.67 bits per heavy atom. The SMILES string of the molecule is O=c1[nH]cc(S(=O)(=O)NCC(O)C2CC2)c(=O)[nH]1. The third-order valence-corrected chi connectivity index (χ3v) is 4.15. The third-order valence-electron chi connectivity index (χ3n) is 2.72. The lowest BCUT2D eigenvalue weighted by Crippen LogP contribution is -2.37. The lowest BCUT2D eigenvalue weighted by Gasteiger charge is -2.10. The molecule has 2 rings (SSSR count). The lowest BCUT2D eigenvalue weighted by molar-refractivity contribution is 0.155. The predicted molar refractivity (Wildman–Crippen MR) is 61.6 cm³/mol. The summed E-state index contributed by atoms with van der Waals surface area (Å²) in [4.78, 5) is 25.4. The lowest BCUT2D eigenvalue weighted by atomic mass is 10.2. The van der Waals surface area contributed by atoms with Gasteiger partial charge < -0.3 is 10.1 Å². The van der Waals surface area contributed by atoms with Crippen LogP contribution in [0.4, 0.5) is 0 Å². The van der Waals surface area contributed by atoms with Gasteiger partial charge in [-0.25, -0.2) is 17.9 Å². The van der Waals surface area contributed by atoms with Gasteiger partial charge in [0.25, 0.3) is 5.56 Å². The maximum Gasteiger partial charge on any atom is 0.325 e. The van der Waals surface area contributed by atoms with Gasteiger partial charge in [-0.05, 0) is 18.8 Å². The number of aliphatic hydroxyl groups is 1. The van der Waals surface area contributed by atoms with E-state index in [4.69, 9.17) is 0 Å². The van der Waals surface area contributed by atoms with E-state index >= 15 is 0 Å². The van der Waals surface area contributed by atoms with E-state index in [0.29, 0.717) is 0 Å². The van der Waals surface area contributed by atoms with Crippen molar-refractivity contribution >= 4 is 10.0 Å². The maximum atomic E-state index is 11.7. The molecule has 0 aromatic carbocycles. The monoisotopic (exact) mass is 275 g/mol. The minimum Gasteiger partial charge on any atom is -0.391 e. The Kier molecular flexibility index (Phi) is 3.37. The van der Waals surface area contributed by atoms with Gasteiger partial charge in [0, 0.05) is 12.7 Å². The fourth-order valence-corrected chi connectivity index (χ4v) is 2.57. The first kappa shape index (κ1) is 13.0. The van der Waals surface area contributed by atoms with E-state index in [1.54, 1.807) is 0 Å². The van der Waals surface area contributed by atoms with Gasteiger partial charge in [-0.3, -0.25) is 9.78 Å². The summed E-state index contributed by atoms with van der Waals surface area (Å²) in [5.74, 6) is 0.126. The van der Waals surface area contributed by atoms with Gasteiger partial charge in [0.1, 0.15) is 0 Å². The quantitative estimate of drug-likeness (QED) is 0.499. The number of H-pyrrole nitrogens is 2. The number of hydrogen-bond acceptors (Lipinski definition) is 5. The van der Waals surface area contributed by atoms with Crippen LogP contribution in [0.5, 0.6) is 0 Å². The summed E-state index contributed by atoms with van der Waals surface area (Å²) in [5, 5.41) is 9.54. The molecule has 0 radical (unpaired) electrons. The van der Waals surface area contributed by atoms with Crippen LogP contribution in [-0.4, -0.2) is 36.1 Å². The zero-order chi connectivity index (χ0) is 13.3. The van der Waals surface area contributed by atoms with Crippen molar-refractivity contribution in [2.45, 2.75) is 23.8 Å². The topological polar surface area (TPSA) is 132 Å². The molecule has 100 valence electrons. The largest absolute Gasteiger partial charge is 0.391 e. The fraction of sp³-hybridized carbons (Fsp3) is 0.556. The summed E-state index contributed by atoms with van der Waals surface area (Å²) < 4.78 is 25.6. The molecule has 0 aliphatic heterocycles. The van der Waals surface area contributed by atoms with E-state index in [1.807, 2.05) is 4.98 Å². The summed E-state index contributed by atoms with van der Waals surface area (Å²) in [6.45, 7) is -0.147. The predicted octanol–water partition coefficient (Wildman–Crippen LogP) is -1.89. The molecule has 0 bridgehead atoms. The van der Waals surface area contributed by atoms with Crippen molar-refractivity contribution in [3.05, 3.63) is 27.0 Å². The molecular weight excluding hydrogens is 262 g/mol. The Morgan fingerprint density at radius 2 is 2.11 bits per heavy atom. The highest BCUT2D eigenvalue weighted by Gasteiger charge is 2.31. The zero-order valence-electron chi connectivity index (χ0n) is 9.34. The van der Waals surface area contributed by atoms with E-state index in [9.17, 15) is 23.1 Å². The van der Waals surface area contributed by atoms with E-state index in [1.165, 1.54) is 0 Å². The molecule has 0 spiro atoms. The molecule has 0 amide bonds. The second-order valence-electron chi connectivity index (χ2n) is 4.19. The van der Waals surface area contributed by atoms with E-state index in [0.717, 1.165) is 19.0 Å². The van der Waals surface area contributed by atoms with Gasteiger partial charge in [-0.2, -0.15) is 0 Å². The van der Waals surface area contributed by atoms with Crippen molar-refractivity contribution in [3.8, 4) is 0 Å². The van der Waals surface area contributed by atoms with Gasteiger partial charge in [0.05, 0.1) is 6.10 Å². The van der Waals surface area contributed by atoms with Crippen LogP contribution in [0.3, 0.4) is 0 Å². The fourth-order valence-electron chi connectivity index (χ4n) is 1.52. The van der Waals surface area contributed by atoms with Crippen molar-refractivity contribution in [2.24, 2.45) is 5.92 Å². The molecule has 8 nitrogen and oxygen atoms in total. The van der Waals surface area contributed by atoms with Gasteiger partial charge in [0.15, 0.2) is 4.90 Å². The van der Waals surface area contributed by atoms with Crippen LogP contribution >= 0.6 is 0 Å². The first-order chi connectivity index (χ1) is 8.40. The number of nitrogens with one attached hydrogen (secondary N) is 3. The van der Waals surface area contributed by atoms with E-state index in [-0.39, 0.29) is 12.5 Å². The number of aliphatic hydroxyl groups excluding tert-OH is 1. The van der Waals surface area contributed by atoms with Crippen LogP contribution < -0.4 is 16.0 Å².